The van der Waals surface area contributed by atoms with Crippen LogP contribution >= 0.6 is 23.2 Å². The molecule has 0 fully saturated rings. The molecule has 176 valence electrons. The summed E-state index contributed by atoms with van der Waals surface area (Å²) in [6.45, 7) is 5.43. The quantitative estimate of drug-likeness (QED) is 0.297. The van der Waals surface area contributed by atoms with Gasteiger partial charge in [0.05, 0.1) is 23.4 Å². The second-order valence-electron chi connectivity index (χ2n) is 7.22. The molecule has 2 aromatic carbocycles. The lowest BCUT2D eigenvalue weighted by molar-refractivity contribution is -0.145. The van der Waals surface area contributed by atoms with Crippen molar-refractivity contribution in [3.63, 3.8) is 0 Å². The van der Waals surface area contributed by atoms with E-state index in [0.29, 0.717) is 22.9 Å². The van der Waals surface area contributed by atoms with Gasteiger partial charge in [-0.05, 0) is 60.9 Å². The minimum Gasteiger partial charge on any atom is -0.482 e. The van der Waals surface area contributed by atoms with Crippen LogP contribution in [0.4, 0.5) is 0 Å². The van der Waals surface area contributed by atoms with Gasteiger partial charge in [0.15, 0.2) is 6.61 Å². The van der Waals surface area contributed by atoms with Crippen molar-refractivity contribution in [1.29, 1.82) is 0 Å². The lowest BCUT2D eigenvalue weighted by Gasteiger charge is -2.20. The van der Waals surface area contributed by atoms with Crippen LogP contribution in [0.25, 0.3) is 0 Å². The van der Waals surface area contributed by atoms with Gasteiger partial charge in [-0.1, -0.05) is 37.0 Å². The molecule has 33 heavy (non-hydrogen) atoms. The molecule has 0 aliphatic heterocycles. The van der Waals surface area contributed by atoms with Crippen molar-refractivity contribution in [2.75, 3.05) is 13.2 Å². The summed E-state index contributed by atoms with van der Waals surface area (Å²) in [5.74, 6) is -1.13. The molecule has 2 aromatic rings. The van der Waals surface area contributed by atoms with E-state index in [-0.39, 0.29) is 23.1 Å². The van der Waals surface area contributed by atoms with E-state index in [1.54, 1.807) is 51.1 Å². The van der Waals surface area contributed by atoms with E-state index in [9.17, 15) is 14.4 Å². The van der Waals surface area contributed by atoms with Crippen LogP contribution in [0.3, 0.4) is 0 Å². The van der Waals surface area contributed by atoms with Gasteiger partial charge in [0.2, 0.25) is 0 Å². The highest BCUT2D eigenvalue weighted by Crippen LogP contribution is 2.21. The largest absolute Gasteiger partial charge is 0.482 e. The Kier molecular flexibility index (Phi) is 10.2. The van der Waals surface area contributed by atoms with E-state index in [2.05, 4.69) is 15.8 Å². The minimum absolute atomic E-state index is 0.180. The second kappa shape index (κ2) is 12.8. The molecule has 0 radical (unpaired) electrons. The number of hydrogen-bond acceptors (Lipinski definition) is 6. The van der Waals surface area contributed by atoms with Gasteiger partial charge in [-0.2, -0.15) is 5.10 Å². The van der Waals surface area contributed by atoms with E-state index in [4.69, 9.17) is 32.7 Å². The van der Waals surface area contributed by atoms with Crippen LogP contribution in [0, 0.1) is 5.92 Å². The number of nitrogens with zero attached hydrogens (tertiary/aromatic N) is 1. The molecule has 0 aromatic heterocycles. The third kappa shape index (κ3) is 8.40. The van der Waals surface area contributed by atoms with Gasteiger partial charge in [-0.25, -0.2) is 10.2 Å². The highest BCUT2D eigenvalue weighted by atomic mass is 35.5. The summed E-state index contributed by atoms with van der Waals surface area (Å²) in [7, 11) is 0. The van der Waals surface area contributed by atoms with Crippen molar-refractivity contribution < 1.29 is 23.9 Å². The van der Waals surface area contributed by atoms with Crippen molar-refractivity contribution in [3.8, 4) is 5.75 Å². The summed E-state index contributed by atoms with van der Waals surface area (Å²) in [5.41, 5.74) is 3.34. The molecule has 1 unspecified atom stereocenters. The summed E-state index contributed by atoms with van der Waals surface area (Å²) in [4.78, 5) is 36.5. The van der Waals surface area contributed by atoms with Crippen molar-refractivity contribution >= 4 is 47.2 Å². The molecule has 0 bridgehead atoms. The van der Waals surface area contributed by atoms with E-state index in [1.165, 1.54) is 18.3 Å². The number of ether oxygens (including phenoxy) is 2. The maximum atomic E-state index is 12.6. The summed E-state index contributed by atoms with van der Waals surface area (Å²) >= 11 is 11.9. The first kappa shape index (κ1) is 26.2. The Hall–Kier alpha value is -3.10. The first-order valence-corrected chi connectivity index (χ1v) is 10.9. The summed E-state index contributed by atoms with van der Waals surface area (Å²) in [6.07, 6.45) is 1.45. The van der Waals surface area contributed by atoms with E-state index in [0.717, 1.165) is 0 Å². The maximum absolute atomic E-state index is 12.6. The molecular formula is C23H25Cl2N3O5. The molecule has 1 atom stereocenters. The summed E-state index contributed by atoms with van der Waals surface area (Å²) in [5, 5.41) is 7.22. The lowest BCUT2D eigenvalue weighted by Crippen LogP contribution is -2.48. The average molecular weight is 494 g/mol. The molecule has 2 amide bonds. The second-order valence-corrected chi connectivity index (χ2v) is 8.06. The number of halogens is 2. The average Bonchev–Trinajstić information content (AvgIpc) is 2.76. The van der Waals surface area contributed by atoms with Gasteiger partial charge in [0.25, 0.3) is 11.8 Å². The standard InChI is InChI=1S/C23H25Cl2N3O5/c1-4-32-20(29)13-33-17-8-5-15(6-9-17)12-26-28-23(31)21(14(2)3)27-22(30)18-10-7-16(24)11-19(18)25/h5-12,14,21H,4,13H2,1-3H3,(H,27,30)(H,28,31). The highest BCUT2D eigenvalue weighted by molar-refractivity contribution is 6.36. The predicted octanol–water partition coefficient (Wildman–Crippen LogP) is 3.84. The number of hydrogen-bond donors (Lipinski definition) is 2. The Bertz CT molecular complexity index is 1010. The Labute approximate surface area is 202 Å². The maximum Gasteiger partial charge on any atom is 0.344 e. The zero-order chi connectivity index (χ0) is 24.4. The number of rotatable bonds is 10. The molecule has 0 spiro atoms. The minimum atomic E-state index is -0.833. The molecule has 2 rings (SSSR count). The SMILES string of the molecule is CCOC(=O)COc1ccc(C=NNC(=O)C(NC(=O)c2ccc(Cl)cc2Cl)C(C)C)cc1. The first-order chi connectivity index (χ1) is 15.7. The van der Waals surface area contributed by atoms with E-state index >= 15 is 0 Å². The third-order valence-electron chi connectivity index (χ3n) is 4.34. The topological polar surface area (TPSA) is 106 Å². The molecule has 0 heterocycles. The number of carbonyl (C=O) groups excluding carboxylic acids is 3. The van der Waals surface area contributed by atoms with Crippen molar-refractivity contribution in [3.05, 3.63) is 63.6 Å². The Balaban J connectivity index is 1.93. The van der Waals surface area contributed by atoms with Gasteiger partial charge < -0.3 is 14.8 Å². The van der Waals surface area contributed by atoms with Crippen molar-refractivity contribution in [1.82, 2.24) is 10.7 Å². The monoisotopic (exact) mass is 493 g/mol. The highest BCUT2D eigenvalue weighted by Gasteiger charge is 2.25. The fraction of sp³-hybridized carbons (Fsp3) is 0.304. The fourth-order valence-corrected chi connectivity index (χ4v) is 3.16. The van der Waals surface area contributed by atoms with Crippen LogP contribution in [0.1, 0.15) is 36.7 Å². The molecule has 0 aliphatic rings. The molecule has 0 aliphatic carbocycles. The van der Waals surface area contributed by atoms with Crippen molar-refractivity contribution in [2.45, 2.75) is 26.8 Å². The van der Waals surface area contributed by atoms with E-state index < -0.39 is 23.8 Å². The molecule has 0 saturated carbocycles. The molecular weight excluding hydrogens is 469 g/mol. The number of nitrogens with one attached hydrogen (secondary N) is 2. The van der Waals surface area contributed by atoms with Gasteiger partial charge in [0.1, 0.15) is 11.8 Å². The van der Waals surface area contributed by atoms with Crippen LogP contribution < -0.4 is 15.5 Å². The molecule has 2 N–H and O–H groups in total. The normalized spacial score (nSPS) is 11.8. The molecule has 0 saturated heterocycles. The zero-order valence-corrected chi connectivity index (χ0v) is 19.9. The number of esters is 1. The summed E-state index contributed by atoms with van der Waals surface area (Å²) in [6, 6.07) is 10.4. The number of carbonyl (C=O) groups is 3. The van der Waals surface area contributed by atoms with Crippen LogP contribution in [0.2, 0.25) is 10.0 Å². The Morgan fingerprint density at radius 2 is 1.79 bits per heavy atom. The van der Waals surface area contributed by atoms with Crippen molar-refractivity contribution in [2.24, 2.45) is 11.0 Å². The van der Waals surface area contributed by atoms with Crippen LogP contribution in [0.15, 0.2) is 47.6 Å². The number of benzene rings is 2. The number of amides is 2. The van der Waals surface area contributed by atoms with Gasteiger partial charge in [-0.15, -0.1) is 0 Å². The van der Waals surface area contributed by atoms with Crippen LogP contribution in [-0.2, 0) is 14.3 Å². The van der Waals surface area contributed by atoms with Gasteiger partial charge in [0, 0.05) is 5.02 Å². The molecule has 8 nitrogen and oxygen atoms in total. The molecule has 10 heteroatoms. The summed E-state index contributed by atoms with van der Waals surface area (Å²) < 4.78 is 10.1. The zero-order valence-electron chi connectivity index (χ0n) is 18.4. The lowest BCUT2D eigenvalue weighted by atomic mass is 10.0. The smallest absolute Gasteiger partial charge is 0.344 e. The predicted molar refractivity (Wildman–Crippen MR) is 127 cm³/mol. The van der Waals surface area contributed by atoms with Gasteiger partial charge >= 0.3 is 5.97 Å². The van der Waals surface area contributed by atoms with E-state index in [1.807, 2.05) is 0 Å². The third-order valence-corrected chi connectivity index (χ3v) is 4.89. The Morgan fingerprint density at radius 3 is 2.39 bits per heavy atom. The fourth-order valence-electron chi connectivity index (χ4n) is 2.66. The van der Waals surface area contributed by atoms with Crippen LogP contribution in [-0.4, -0.2) is 43.3 Å². The van der Waals surface area contributed by atoms with Gasteiger partial charge in [-0.3, -0.25) is 9.59 Å². The van der Waals surface area contributed by atoms with Crippen LogP contribution in [0.5, 0.6) is 5.75 Å². The number of hydrazone groups is 1. The first-order valence-electron chi connectivity index (χ1n) is 10.2. The Morgan fingerprint density at radius 1 is 1.09 bits per heavy atom.